The van der Waals surface area contributed by atoms with Gasteiger partial charge in [-0.3, -0.25) is 15.5 Å². The predicted octanol–water partition coefficient (Wildman–Crippen LogP) is 5.66. The van der Waals surface area contributed by atoms with Crippen molar-refractivity contribution in [1.29, 1.82) is 0 Å². The number of anilines is 2. The Morgan fingerprint density at radius 2 is 1.85 bits per heavy atom. The minimum absolute atomic E-state index is 0.00311. The second kappa shape index (κ2) is 16.0. The molecule has 0 spiro atoms. The van der Waals surface area contributed by atoms with Crippen molar-refractivity contribution in [3.05, 3.63) is 48.5 Å². The standard InChI is InChI=1S/C30H41FN4O4S2/c1-3-4-5-12-20-35(2)21-17-24(23-40-25-13-8-6-9-14-25)32-27-16-15-26(22-28(27)33-37)41(38,39)34-29(36)30(31)18-10-7-11-19-30/h1,6,8-9,13-16,22,24,32-33,37H,4-5,7,10-12,17-21,23H2,2H3,(H,34,36)/t24-/m1/s1. The van der Waals surface area contributed by atoms with Crippen molar-refractivity contribution >= 4 is 39.1 Å². The number of unbranched alkanes of at least 4 members (excludes halogenated alkanes) is 2. The van der Waals surface area contributed by atoms with E-state index in [9.17, 15) is 18.4 Å². The van der Waals surface area contributed by atoms with E-state index in [0.717, 1.165) is 55.8 Å². The van der Waals surface area contributed by atoms with Gasteiger partial charge in [0.1, 0.15) is 0 Å². The first kappa shape index (κ1) is 32.7. The summed E-state index contributed by atoms with van der Waals surface area (Å²) in [5.74, 6) is 2.26. The number of carbonyl (C=O) groups is 1. The fraction of sp³-hybridized carbons (Fsp3) is 0.500. The molecule has 2 aromatic carbocycles. The number of sulfonamides is 1. The molecule has 224 valence electrons. The summed E-state index contributed by atoms with van der Waals surface area (Å²) in [6.07, 6.45) is 10.8. The van der Waals surface area contributed by atoms with E-state index >= 15 is 4.39 Å². The Balaban J connectivity index is 1.71. The topological polar surface area (TPSA) is 111 Å². The van der Waals surface area contributed by atoms with Crippen LogP contribution in [0.25, 0.3) is 0 Å². The summed E-state index contributed by atoms with van der Waals surface area (Å²) in [6, 6.07) is 14.1. The Labute approximate surface area is 247 Å². The minimum atomic E-state index is -4.35. The summed E-state index contributed by atoms with van der Waals surface area (Å²) in [5.41, 5.74) is 0.510. The maximum atomic E-state index is 15.0. The molecule has 1 fully saturated rings. The number of thioether (sulfide) groups is 1. The van der Waals surface area contributed by atoms with E-state index < -0.39 is 21.6 Å². The number of halogens is 1. The van der Waals surface area contributed by atoms with E-state index in [1.165, 1.54) is 18.2 Å². The molecule has 0 aromatic heterocycles. The molecular weight excluding hydrogens is 563 g/mol. The average Bonchev–Trinajstić information content (AvgIpc) is 2.97. The second-order valence-corrected chi connectivity index (χ2v) is 13.3. The molecule has 2 aromatic rings. The third-order valence-electron chi connectivity index (χ3n) is 7.23. The quantitative estimate of drug-likeness (QED) is 0.0841. The predicted molar refractivity (Wildman–Crippen MR) is 163 cm³/mol. The molecular formula is C30H41FN4O4S2. The molecule has 1 atom stereocenters. The van der Waals surface area contributed by atoms with Crippen LogP contribution in [0.4, 0.5) is 15.8 Å². The van der Waals surface area contributed by atoms with Gasteiger partial charge in [0.2, 0.25) is 0 Å². The number of hydrogen-bond donors (Lipinski definition) is 4. The summed E-state index contributed by atoms with van der Waals surface area (Å²) in [5, 5.41) is 13.3. The van der Waals surface area contributed by atoms with Gasteiger partial charge in [-0.1, -0.05) is 24.6 Å². The average molecular weight is 605 g/mol. The number of alkyl halides is 1. The zero-order valence-corrected chi connectivity index (χ0v) is 25.2. The number of nitrogens with zero attached hydrogens (tertiary/aromatic N) is 1. The number of carbonyl (C=O) groups excluding carboxylic acids is 1. The summed E-state index contributed by atoms with van der Waals surface area (Å²) in [6.45, 7) is 1.76. The van der Waals surface area contributed by atoms with Gasteiger partial charge in [0, 0.05) is 23.1 Å². The maximum Gasteiger partial charge on any atom is 0.271 e. The molecule has 1 aliphatic carbocycles. The van der Waals surface area contributed by atoms with Crippen molar-refractivity contribution in [2.75, 3.05) is 36.7 Å². The number of terminal acetylenes is 1. The van der Waals surface area contributed by atoms with Crippen LogP contribution in [0.3, 0.4) is 0 Å². The summed E-state index contributed by atoms with van der Waals surface area (Å²) >= 11 is 1.70. The zero-order valence-electron chi connectivity index (χ0n) is 23.6. The normalized spacial score (nSPS) is 15.6. The highest BCUT2D eigenvalue weighted by Gasteiger charge is 2.41. The lowest BCUT2D eigenvalue weighted by molar-refractivity contribution is -0.133. The van der Waals surface area contributed by atoms with Crippen molar-refractivity contribution < 1.29 is 22.8 Å². The van der Waals surface area contributed by atoms with E-state index in [-0.39, 0.29) is 29.5 Å². The van der Waals surface area contributed by atoms with Crippen LogP contribution in [-0.4, -0.2) is 62.0 Å². The zero-order chi connectivity index (χ0) is 29.7. The van der Waals surface area contributed by atoms with Gasteiger partial charge >= 0.3 is 0 Å². The number of rotatable bonds is 16. The first-order chi connectivity index (χ1) is 19.7. The van der Waals surface area contributed by atoms with Gasteiger partial charge in [-0.05, 0) is 95.4 Å². The van der Waals surface area contributed by atoms with Gasteiger partial charge in [0.05, 0.1) is 16.3 Å². The second-order valence-electron chi connectivity index (χ2n) is 10.5. The largest absolute Gasteiger partial charge is 0.380 e. The molecule has 1 saturated carbocycles. The van der Waals surface area contributed by atoms with E-state index in [0.29, 0.717) is 18.5 Å². The highest BCUT2D eigenvalue weighted by Crippen LogP contribution is 2.33. The molecule has 11 heteroatoms. The van der Waals surface area contributed by atoms with Gasteiger partial charge in [-0.25, -0.2) is 17.5 Å². The van der Waals surface area contributed by atoms with Crippen molar-refractivity contribution in [3.63, 3.8) is 0 Å². The third-order valence-corrected chi connectivity index (χ3v) is 9.73. The smallest absolute Gasteiger partial charge is 0.271 e. The van der Waals surface area contributed by atoms with Gasteiger partial charge in [0.15, 0.2) is 5.67 Å². The van der Waals surface area contributed by atoms with Crippen molar-refractivity contribution in [2.45, 2.75) is 79.3 Å². The number of hydrogen-bond acceptors (Lipinski definition) is 8. The molecule has 0 unspecified atom stereocenters. The molecule has 1 aliphatic rings. The molecule has 41 heavy (non-hydrogen) atoms. The van der Waals surface area contributed by atoms with Gasteiger partial charge in [-0.15, -0.1) is 24.1 Å². The summed E-state index contributed by atoms with van der Waals surface area (Å²) in [4.78, 5) is 15.7. The molecule has 3 rings (SSSR count). The van der Waals surface area contributed by atoms with Crippen LogP contribution >= 0.6 is 11.8 Å². The van der Waals surface area contributed by atoms with Gasteiger partial charge in [0.25, 0.3) is 15.9 Å². The lowest BCUT2D eigenvalue weighted by Crippen LogP contribution is -2.46. The maximum absolute atomic E-state index is 15.0. The number of nitrogens with one attached hydrogen (secondary N) is 3. The van der Waals surface area contributed by atoms with Crippen LogP contribution in [0.5, 0.6) is 0 Å². The van der Waals surface area contributed by atoms with Crippen LogP contribution < -0.4 is 15.5 Å². The number of amides is 1. The van der Waals surface area contributed by atoms with E-state index in [1.54, 1.807) is 11.8 Å². The SMILES string of the molecule is C#CCCCCN(C)CC[C@H](CSc1ccccc1)Nc1ccc(S(=O)(=O)NC(=O)C2(F)CCCCC2)cc1NO. The minimum Gasteiger partial charge on any atom is -0.380 e. The molecule has 0 saturated heterocycles. The Hall–Kier alpha value is -2.78. The first-order valence-corrected chi connectivity index (χ1v) is 16.5. The Bertz CT molecular complexity index is 1260. The summed E-state index contributed by atoms with van der Waals surface area (Å²) in [7, 11) is -2.28. The Morgan fingerprint density at radius 3 is 2.54 bits per heavy atom. The number of benzene rings is 2. The molecule has 0 radical (unpaired) electrons. The highest BCUT2D eigenvalue weighted by atomic mass is 32.2. The lowest BCUT2D eigenvalue weighted by atomic mass is 9.86. The molecule has 4 N–H and O–H groups in total. The third kappa shape index (κ3) is 10.2. The molecule has 0 bridgehead atoms. The van der Waals surface area contributed by atoms with Crippen LogP contribution in [-0.2, 0) is 14.8 Å². The fourth-order valence-electron chi connectivity index (χ4n) is 4.75. The van der Waals surface area contributed by atoms with Crippen LogP contribution in [0.1, 0.15) is 57.8 Å². The Morgan fingerprint density at radius 1 is 1.12 bits per heavy atom. The highest BCUT2D eigenvalue weighted by molar-refractivity contribution is 7.99. The summed E-state index contributed by atoms with van der Waals surface area (Å²) < 4.78 is 42.8. The van der Waals surface area contributed by atoms with Crippen LogP contribution in [0.15, 0.2) is 58.3 Å². The Kier molecular flexibility index (Phi) is 12.8. The van der Waals surface area contributed by atoms with Crippen LogP contribution in [0.2, 0.25) is 0 Å². The molecule has 0 aliphatic heterocycles. The lowest BCUT2D eigenvalue weighted by Gasteiger charge is -2.28. The monoisotopic (exact) mass is 604 g/mol. The van der Waals surface area contributed by atoms with Crippen molar-refractivity contribution in [2.24, 2.45) is 0 Å². The van der Waals surface area contributed by atoms with Crippen molar-refractivity contribution in [3.8, 4) is 12.3 Å². The molecule has 0 heterocycles. The van der Waals surface area contributed by atoms with Crippen molar-refractivity contribution in [1.82, 2.24) is 9.62 Å². The molecule has 8 nitrogen and oxygen atoms in total. The van der Waals surface area contributed by atoms with Gasteiger partial charge < -0.3 is 10.2 Å². The van der Waals surface area contributed by atoms with E-state index in [1.807, 2.05) is 35.1 Å². The van der Waals surface area contributed by atoms with E-state index in [4.69, 9.17) is 6.42 Å². The fourth-order valence-corrected chi connectivity index (χ4v) is 6.81. The van der Waals surface area contributed by atoms with E-state index in [2.05, 4.69) is 28.7 Å². The first-order valence-electron chi connectivity index (χ1n) is 14.0. The van der Waals surface area contributed by atoms with Crippen LogP contribution in [0, 0.1) is 12.3 Å². The molecule has 1 amide bonds. The van der Waals surface area contributed by atoms with Gasteiger partial charge in [-0.2, -0.15) is 0 Å².